The number of nitrogens with zero attached hydrogens (tertiary/aromatic N) is 2. The summed E-state index contributed by atoms with van der Waals surface area (Å²) in [7, 11) is -3.24. The van der Waals surface area contributed by atoms with Gasteiger partial charge in [0.2, 0.25) is 15.9 Å². The van der Waals surface area contributed by atoms with Gasteiger partial charge in [-0.2, -0.15) is 9.57 Å². The van der Waals surface area contributed by atoms with Crippen molar-refractivity contribution >= 4 is 39.1 Å². The lowest BCUT2D eigenvalue weighted by atomic mass is 9.62. The van der Waals surface area contributed by atoms with E-state index in [2.05, 4.69) is 16.7 Å². The van der Waals surface area contributed by atoms with Crippen molar-refractivity contribution in [2.45, 2.75) is 94.8 Å². The van der Waals surface area contributed by atoms with Gasteiger partial charge in [-0.25, -0.2) is 17.2 Å². The summed E-state index contributed by atoms with van der Waals surface area (Å²) in [5, 5.41) is 17.4. The van der Waals surface area contributed by atoms with E-state index >= 15 is 8.78 Å². The molecule has 0 unspecified atom stereocenters. The number of sulfonamides is 1. The molecular weight excluding hydrogens is 629 g/mol. The Hall–Kier alpha value is -2.29. The van der Waals surface area contributed by atoms with Crippen molar-refractivity contribution in [3.05, 3.63) is 69.2 Å². The molecule has 7 nitrogen and oxygen atoms in total. The summed E-state index contributed by atoms with van der Waals surface area (Å²) < 4.78 is 58.1. The Morgan fingerprint density at radius 3 is 2.45 bits per heavy atom. The van der Waals surface area contributed by atoms with Crippen molar-refractivity contribution in [3.8, 4) is 6.07 Å². The van der Waals surface area contributed by atoms with Gasteiger partial charge in [-0.1, -0.05) is 62.2 Å². The van der Waals surface area contributed by atoms with Crippen LogP contribution in [-0.4, -0.2) is 55.1 Å². The quantitative estimate of drug-likeness (QED) is 0.391. The van der Waals surface area contributed by atoms with Crippen LogP contribution in [0.15, 0.2) is 36.4 Å². The van der Waals surface area contributed by atoms with Crippen molar-refractivity contribution in [2.24, 2.45) is 5.41 Å². The summed E-state index contributed by atoms with van der Waals surface area (Å²) >= 11 is 12.3. The molecule has 2 aromatic rings. The van der Waals surface area contributed by atoms with Gasteiger partial charge in [-0.3, -0.25) is 4.79 Å². The van der Waals surface area contributed by atoms with Crippen LogP contribution in [0.3, 0.4) is 0 Å². The molecule has 0 bridgehead atoms. The van der Waals surface area contributed by atoms with Crippen molar-refractivity contribution in [1.82, 2.24) is 14.9 Å². The molecule has 3 aliphatic rings. The highest BCUT2D eigenvalue weighted by molar-refractivity contribution is 7.89. The normalized spacial score (nSPS) is 30.6. The van der Waals surface area contributed by atoms with Crippen LogP contribution in [0.4, 0.5) is 8.78 Å². The van der Waals surface area contributed by atoms with Crippen LogP contribution in [0, 0.1) is 28.4 Å². The minimum atomic E-state index is -3.24. The molecule has 4 atom stereocenters. The van der Waals surface area contributed by atoms with Crippen LogP contribution in [0.1, 0.15) is 76.3 Å². The molecule has 2 N–H and O–H groups in total. The number of nitrogens with one attached hydrogen (secondary N) is 2. The summed E-state index contributed by atoms with van der Waals surface area (Å²) in [5.74, 6) is -2.89. The average molecular weight is 668 g/mol. The molecule has 2 heterocycles. The zero-order chi connectivity index (χ0) is 32.0. The fourth-order valence-electron chi connectivity index (χ4n) is 7.42. The monoisotopic (exact) mass is 666 g/mol. The minimum Gasteiger partial charge on any atom is -0.352 e. The molecule has 5 rings (SSSR count). The smallest absolute Gasteiger partial charge is 0.238 e. The van der Waals surface area contributed by atoms with Gasteiger partial charge in [0.15, 0.2) is 0 Å². The van der Waals surface area contributed by atoms with E-state index in [1.54, 1.807) is 10.4 Å². The summed E-state index contributed by atoms with van der Waals surface area (Å²) in [6.45, 7) is 6.47. The van der Waals surface area contributed by atoms with Gasteiger partial charge in [0.05, 0.1) is 22.9 Å². The highest BCUT2D eigenvalue weighted by Gasteiger charge is 2.61. The Morgan fingerprint density at radius 2 is 1.86 bits per heavy atom. The first-order chi connectivity index (χ1) is 20.7. The van der Waals surface area contributed by atoms with Crippen LogP contribution in [-0.2, 0) is 20.2 Å². The van der Waals surface area contributed by atoms with Gasteiger partial charge in [0.1, 0.15) is 17.0 Å². The van der Waals surface area contributed by atoms with Crippen molar-refractivity contribution in [2.75, 3.05) is 12.3 Å². The number of amides is 1. The maximum absolute atomic E-state index is 15.9. The van der Waals surface area contributed by atoms with Crippen molar-refractivity contribution in [3.63, 3.8) is 0 Å². The Morgan fingerprint density at radius 1 is 1.16 bits per heavy atom. The van der Waals surface area contributed by atoms with Crippen LogP contribution < -0.4 is 10.6 Å². The minimum absolute atomic E-state index is 0.0261. The predicted octanol–water partition coefficient (Wildman–Crippen LogP) is 6.06. The molecule has 3 fully saturated rings. The molecule has 1 saturated carbocycles. The third-order valence-corrected chi connectivity index (χ3v) is 11.8. The zero-order valence-corrected chi connectivity index (χ0v) is 27.4. The van der Waals surface area contributed by atoms with Crippen LogP contribution in [0.25, 0.3) is 0 Å². The highest BCUT2D eigenvalue weighted by atomic mass is 35.5. The molecule has 238 valence electrons. The molecule has 0 aromatic heterocycles. The first-order valence-corrected chi connectivity index (χ1v) is 17.4. The second kappa shape index (κ2) is 12.5. The van der Waals surface area contributed by atoms with Crippen LogP contribution in [0.5, 0.6) is 0 Å². The van der Waals surface area contributed by atoms with E-state index in [4.69, 9.17) is 23.2 Å². The number of carbonyl (C=O) groups excluding carboxylic acids is 1. The molecule has 12 heteroatoms. The van der Waals surface area contributed by atoms with Crippen molar-refractivity contribution in [1.29, 1.82) is 5.26 Å². The number of rotatable bonds is 6. The topological polar surface area (TPSA) is 102 Å². The molecule has 2 saturated heterocycles. The third kappa shape index (κ3) is 6.23. The van der Waals surface area contributed by atoms with Gasteiger partial charge in [0.25, 0.3) is 0 Å². The Labute approximate surface area is 268 Å². The van der Waals surface area contributed by atoms with Gasteiger partial charge < -0.3 is 10.6 Å². The lowest BCUT2D eigenvalue weighted by molar-refractivity contribution is -0.124. The number of hydrogen-bond acceptors (Lipinski definition) is 5. The number of benzene rings is 2. The zero-order valence-electron chi connectivity index (χ0n) is 25.0. The molecule has 0 spiro atoms. The summed E-state index contributed by atoms with van der Waals surface area (Å²) in [6.07, 6.45) is 3.37. The lowest BCUT2D eigenvalue weighted by Crippen LogP contribution is -2.50. The predicted molar refractivity (Wildman–Crippen MR) is 167 cm³/mol. The molecule has 2 aromatic carbocycles. The first kappa shape index (κ1) is 33.1. The van der Waals surface area contributed by atoms with Gasteiger partial charge >= 0.3 is 0 Å². The fraction of sp³-hybridized carbons (Fsp3) is 0.562. The standard InChI is InChI=1S/C32H38Cl2F2N4O3S/c1-31(2,3)17-26-32(18-37,23-13-8-19(33)16-25(23)35)27(22-6-4-7-24(34)28(22)36)29(39-26)30(41)38-20-9-11-21(12-10-20)40-14-5-15-44(40,42)43/h4,6-8,13,16,20-21,26-27,29,39H,5,9-12,14-15,17H2,1-3H3,(H,38,41)/t20?,21?,26-,27-,29+,32-/m0/s1. The Balaban J connectivity index is 1.52. The molecule has 1 amide bonds. The number of halogens is 4. The van der Waals surface area contributed by atoms with Gasteiger partial charge in [-0.05, 0) is 67.7 Å². The summed E-state index contributed by atoms with van der Waals surface area (Å²) in [4.78, 5) is 14.2. The Kier molecular flexibility index (Phi) is 9.39. The summed E-state index contributed by atoms with van der Waals surface area (Å²) in [5.41, 5.74) is -1.98. The molecule has 2 aliphatic heterocycles. The third-order valence-electron chi connectivity index (χ3n) is 9.32. The van der Waals surface area contributed by atoms with E-state index in [1.165, 1.54) is 24.3 Å². The second-order valence-electron chi connectivity index (χ2n) is 13.5. The maximum atomic E-state index is 15.9. The van der Waals surface area contributed by atoms with Gasteiger partial charge in [-0.15, -0.1) is 0 Å². The Bertz CT molecular complexity index is 1570. The number of carbonyl (C=O) groups is 1. The van der Waals surface area contributed by atoms with E-state index in [-0.39, 0.29) is 44.4 Å². The highest BCUT2D eigenvalue weighted by Crippen LogP contribution is 2.52. The lowest BCUT2D eigenvalue weighted by Gasteiger charge is -2.37. The maximum Gasteiger partial charge on any atom is 0.238 e. The van der Waals surface area contributed by atoms with Crippen LogP contribution >= 0.6 is 23.2 Å². The fourth-order valence-corrected chi connectivity index (χ4v) is 9.57. The van der Waals surface area contributed by atoms with Crippen LogP contribution in [0.2, 0.25) is 10.0 Å². The van der Waals surface area contributed by atoms with Crippen molar-refractivity contribution < 1.29 is 22.0 Å². The van der Waals surface area contributed by atoms with E-state index in [0.29, 0.717) is 45.1 Å². The molecule has 0 radical (unpaired) electrons. The summed E-state index contributed by atoms with van der Waals surface area (Å²) in [6, 6.07) is 8.70. The first-order valence-electron chi connectivity index (χ1n) is 15.0. The molecule has 1 aliphatic carbocycles. The van der Waals surface area contributed by atoms with E-state index in [0.717, 1.165) is 6.07 Å². The average Bonchev–Trinajstić information content (AvgIpc) is 3.46. The SMILES string of the molecule is CC(C)(C)C[C@@H]1N[C@@H](C(=O)NC2CCC(N3CCCS3(=O)=O)CC2)[C@H](c2cccc(Cl)c2F)[C@@]1(C#N)c1ccc(Cl)cc1F. The second-order valence-corrected chi connectivity index (χ2v) is 16.4. The molecule has 44 heavy (non-hydrogen) atoms. The number of hydrogen-bond donors (Lipinski definition) is 2. The number of nitriles is 1. The van der Waals surface area contributed by atoms with E-state index in [1.807, 2.05) is 20.8 Å². The largest absolute Gasteiger partial charge is 0.352 e. The van der Waals surface area contributed by atoms with E-state index in [9.17, 15) is 18.5 Å². The van der Waals surface area contributed by atoms with Gasteiger partial charge in [0, 0.05) is 41.2 Å². The van der Waals surface area contributed by atoms with E-state index < -0.39 is 51.0 Å². The molecular formula is C32H38Cl2F2N4O3S.